The van der Waals surface area contributed by atoms with Crippen LogP contribution in [0, 0.1) is 0 Å². The topological polar surface area (TPSA) is 67.5 Å². The maximum atomic E-state index is 10.8. The lowest BCUT2D eigenvalue weighted by atomic mass is 9.81. The smallest absolute Gasteiger partial charge is 0.332 e. The number of halogens is 1. The average Bonchev–Trinajstić information content (AvgIpc) is 2.45. The number of carbonyl (C=O) groups is 1. The Morgan fingerprint density at radius 3 is 2.75 bits per heavy atom. The van der Waals surface area contributed by atoms with Gasteiger partial charge in [-0.1, -0.05) is 37.1 Å². The van der Waals surface area contributed by atoms with E-state index in [9.17, 15) is 4.79 Å². The number of benzene rings is 1. The molecule has 0 aromatic heterocycles. The number of amides is 2. The van der Waals surface area contributed by atoms with Gasteiger partial charge in [-0.05, 0) is 25.3 Å². The molecule has 1 aliphatic rings. The standard InChI is InChI=1S/C15H20ClN3O/c1-10(18-19-15(17)20)11-6-2-3-7-12(11)13-8-4-5-9-14(13)16/h2-3,6-7,13-14H,4-5,8-9H2,1H3,(H3,17,19,20). The molecule has 0 aliphatic heterocycles. The van der Waals surface area contributed by atoms with Crippen molar-refractivity contribution in [3.63, 3.8) is 0 Å². The Balaban J connectivity index is 2.30. The minimum absolute atomic E-state index is 0.168. The normalized spacial score (nSPS) is 23.4. The van der Waals surface area contributed by atoms with Crippen molar-refractivity contribution in [1.29, 1.82) is 0 Å². The van der Waals surface area contributed by atoms with Gasteiger partial charge in [0.1, 0.15) is 0 Å². The first-order chi connectivity index (χ1) is 9.59. The maximum Gasteiger partial charge on any atom is 0.332 e. The molecule has 4 nitrogen and oxygen atoms in total. The lowest BCUT2D eigenvalue weighted by Crippen LogP contribution is -2.26. The van der Waals surface area contributed by atoms with Crippen molar-refractivity contribution in [2.24, 2.45) is 10.8 Å². The van der Waals surface area contributed by atoms with Crippen molar-refractivity contribution in [2.75, 3.05) is 0 Å². The molecule has 3 N–H and O–H groups in total. The van der Waals surface area contributed by atoms with E-state index in [1.54, 1.807) is 0 Å². The predicted octanol–water partition coefficient (Wildman–Crippen LogP) is 3.34. The van der Waals surface area contributed by atoms with Gasteiger partial charge in [-0.2, -0.15) is 5.10 Å². The molecule has 1 aromatic carbocycles. The van der Waals surface area contributed by atoms with Gasteiger partial charge in [0.05, 0.1) is 5.71 Å². The highest BCUT2D eigenvalue weighted by atomic mass is 35.5. The van der Waals surface area contributed by atoms with Crippen LogP contribution < -0.4 is 11.2 Å². The Bertz CT molecular complexity index is 516. The third kappa shape index (κ3) is 3.51. The summed E-state index contributed by atoms with van der Waals surface area (Å²) in [6, 6.07) is 7.44. The summed E-state index contributed by atoms with van der Waals surface area (Å²) >= 11 is 6.49. The number of alkyl halides is 1. The molecule has 0 heterocycles. The van der Waals surface area contributed by atoms with Crippen LogP contribution in [0.4, 0.5) is 4.79 Å². The van der Waals surface area contributed by atoms with Gasteiger partial charge in [0.2, 0.25) is 0 Å². The van der Waals surface area contributed by atoms with E-state index < -0.39 is 6.03 Å². The lowest BCUT2D eigenvalue weighted by molar-refractivity contribution is 0.249. The molecule has 1 aliphatic carbocycles. The number of primary amides is 1. The molecule has 1 fully saturated rings. The van der Waals surface area contributed by atoms with Crippen molar-refractivity contribution in [3.05, 3.63) is 35.4 Å². The Morgan fingerprint density at radius 1 is 1.35 bits per heavy atom. The number of hydrazone groups is 1. The van der Waals surface area contributed by atoms with Crippen molar-refractivity contribution in [1.82, 2.24) is 5.43 Å². The summed E-state index contributed by atoms with van der Waals surface area (Å²) in [7, 11) is 0. The Labute approximate surface area is 124 Å². The van der Waals surface area contributed by atoms with E-state index in [-0.39, 0.29) is 5.38 Å². The molecule has 2 amide bonds. The van der Waals surface area contributed by atoms with Gasteiger partial charge in [-0.15, -0.1) is 11.6 Å². The maximum absolute atomic E-state index is 10.8. The number of hydrogen-bond donors (Lipinski definition) is 2. The SMILES string of the molecule is CC(=NNC(N)=O)c1ccccc1C1CCCCC1Cl. The molecule has 1 aromatic rings. The van der Waals surface area contributed by atoms with Crippen LogP contribution in [0.2, 0.25) is 0 Å². The fourth-order valence-electron chi connectivity index (χ4n) is 2.78. The van der Waals surface area contributed by atoms with Crippen LogP contribution in [-0.4, -0.2) is 17.1 Å². The summed E-state index contributed by atoms with van der Waals surface area (Å²) in [5.74, 6) is 0.348. The van der Waals surface area contributed by atoms with Crippen LogP contribution in [0.15, 0.2) is 29.4 Å². The minimum Gasteiger partial charge on any atom is -0.350 e. The predicted molar refractivity (Wildman–Crippen MR) is 82.2 cm³/mol. The third-order valence-corrected chi connectivity index (χ3v) is 4.29. The quantitative estimate of drug-likeness (QED) is 0.501. The molecule has 2 unspecified atom stereocenters. The van der Waals surface area contributed by atoms with E-state index in [4.69, 9.17) is 17.3 Å². The van der Waals surface area contributed by atoms with Crippen molar-refractivity contribution < 1.29 is 4.79 Å². The first-order valence-corrected chi connectivity index (χ1v) is 7.36. The summed E-state index contributed by atoms with van der Waals surface area (Å²) in [6.45, 7) is 1.86. The number of nitrogens with two attached hydrogens (primary N) is 1. The Kier molecular flexibility index (Phi) is 5.01. The van der Waals surface area contributed by atoms with Gasteiger partial charge in [-0.3, -0.25) is 0 Å². The summed E-state index contributed by atoms with van der Waals surface area (Å²) in [5.41, 5.74) is 10.3. The van der Waals surface area contributed by atoms with Crippen LogP contribution in [0.25, 0.3) is 0 Å². The Hall–Kier alpha value is -1.55. The molecule has 2 atom stereocenters. The van der Waals surface area contributed by atoms with Crippen LogP contribution in [0.5, 0.6) is 0 Å². The van der Waals surface area contributed by atoms with E-state index in [0.29, 0.717) is 5.92 Å². The van der Waals surface area contributed by atoms with Gasteiger partial charge in [0.15, 0.2) is 0 Å². The fraction of sp³-hybridized carbons (Fsp3) is 0.467. The third-order valence-electron chi connectivity index (χ3n) is 3.77. The number of nitrogens with zero attached hydrogens (tertiary/aromatic N) is 1. The zero-order valence-corrected chi connectivity index (χ0v) is 12.4. The second-order valence-electron chi connectivity index (χ2n) is 5.17. The van der Waals surface area contributed by atoms with E-state index in [2.05, 4.69) is 16.6 Å². The van der Waals surface area contributed by atoms with Gasteiger partial charge in [-0.25, -0.2) is 10.2 Å². The molecule has 5 heteroatoms. The second-order valence-corrected chi connectivity index (χ2v) is 5.73. The van der Waals surface area contributed by atoms with Crippen molar-refractivity contribution in [2.45, 2.75) is 43.9 Å². The molecule has 0 spiro atoms. The zero-order chi connectivity index (χ0) is 14.5. The van der Waals surface area contributed by atoms with E-state index >= 15 is 0 Å². The lowest BCUT2D eigenvalue weighted by Gasteiger charge is -2.29. The van der Waals surface area contributed by atoms with Gasteiger partial charge >= 0.3 is 6.03 Å². The molecule has 20 heavy (non-hydrogen) atoms. The largest absolute Gasteiger partial charge is 0.350 e. The first-order valence-electron chi connectivity index (χ1n) is 6.92. The number of carbonyl (C=O) groups excluding carboxylic acids is 1. The monoisotopic (exact) mass is 293 g/mol. The van der Waals surface area contributed by atoms with Gasteiger partial charge in [0.25, 0.3) is 0 Å². The highest BCUT2D eigenvalue weighted by Gasteiger charge is 2.26. The number of hydrogen-bond acceptors (Lipinski definition) is 2. The minimum atomic E-state index is -0.658. The number of urea groups is 1. The van der Waals surface area contributed by atoms with Crippen LogP contribution in [0.3, 0.4) is 0 Å². The zero-order valence-electron chi connectivity index (χ0n) is 11.6. The van der Waals surface area contributed by atoms with Gasteiger partial charge in [0, 0.05) is 16.9 Å². The van der Waals surface area contributed by atoms with Crippen LogP contribution >= 0.6 is 11.6 Å². The highest BCUT2D eigenvalue weighted by Crippen LogP contribution is 2.37. The number of rotatable bonds is 3. The van der Waals surface area contributed by atoms with Crippen molar-refractivity contribution in [3.8, 4) is 0 Å². The first kappa shape index (κ1) is 14.9. The molecular formula is C15H20ClN3O. The van der Waals surface area contributed by atoms with E-state index in [1.807, 2.05) is 25.1 Å². The van der Waals surface area contributed by atoms with Gasteiger partial charge < -0.3 is 5.73 Å². The van der Waals surface area contributed by atoms with Crippen LogP contribution in [-0.2, 0) is 0 Å². The number of nitrogens with one attached hydrogen (secondary N) is 1. The molecule has 0 bridgehead atoms. The summed E-state index contributed by atoms with van der Waals surface area (Å²) < 4.78 is 0. The molecule has 1 saturated carbocycles. The summed E-state index contributed by atoms with van der Waals surface area (Å²) in [6.07, 6.45) is 4.55. The summed E-state index contributed by atoms with van der Waals surface area (Å²) in [4.78, 5) is 10.8. The second kappa shape index (κ2) is 6.75. The molecule has 108 valence electrons. The Morgan fingerprint density at radius 2 is 2.05 bits per heavy atom. The van der Waals surface area contributed by atoms with E-state index in [0.717, 1.165) is 24.1 Å². The molecule has 0 saturated heterocycles. The molecule has 2 rings (SSSR count). The van der Waals surface area contributed by atoms with Crippen molar-refractivity contribution >= 4 is 23.3 Å². The average molecular weight is 294 g/mol. The van der Waals surface area contributed by atoms with Crippen LogP contribution in [0.1, 0.15) is 49.7 Å². The molecular weight excluding hydrogens is 274 g/mol. The molecule has 0 radical (unpaired) electrons. The fourth-order valence-corrected chi connectivity index (χ4v) is 3.20. The van der Waals surface area contributed by atoms with E-state index in [1.165, 1.54) is 18.4 Å². The summed E-state index contributed by atoms with van der Waals surface area (Å²) in [5, 5.41) is 4.19. The highest BCUT2D eigenvalue weighted by molar-refractivity contribution is 6.21.